The summed E-state index contributed by atoms with van der Waals surface area (Å²) in [6.07, 6.45) is 1.15. The van der Waals surface area contributed by atoms with Crippen LogP contribution in [0.4, 0.5) is 5.88 Å². The van der Waals surface area contributed by atoms with Gasteiger partial charge in [-0.3, -0.25) is 10.1 Å². The van der Waals surface area contributed by atoms with E-state index in [4.69, 9.17) is 4.42 Å². The number of nitrogens with zero attached hydrogens (tertiary/aromatic N) is 3. The Morgan fingerprint density at radius 3 is 3.12 bits per heavy atom. The highest BCUT2D eigenvalue weighted by atomic mass is 16.4. The molecule has 2 aromatic rings. The van der Waals surface area contributed by atoms with E-state index in [9.17, 15) is 4.79 Å². The van der Waals surface area contributed by atoms with E-state index >= 15 is 0 Å². The smallest absolute Gasteiger partial charge is 0.250 e. The predicted octanol–water partition coefficient (Wildman–Crippen LogP) is 0.893. The van der Waals surface area contributed by atoms with Crippen LogP contribution < -0.4 is 5.32 Å². The summed E-state index contributed by atoms with van der Waals surface area (Å²) in [6.45, 7) is 5.11. The Kier molecular flexibility index (Phi) is 2.50. The fourth-order valence-electron chi connectivity index (χ4n) is 1.21. The maximum absolute atomic E-state index is 11.2. The van der Waals surface area contributed by atoms with Crippen LogP contribution in [0.1, 0.15) is 5.76 Å². The van der Waals surface area contributed by atoms with Crippen LogP contribution in [0, 0.1) is 6.92 Å². The second-order valence-corrected chi connectivity index (χ2v) is 3.03. The van der Waals surface area contributed by atoms with Gasteiger partial charge in [-0.1, -0.05) is 6.58 Å². The van der Waals surface area contributed by atoms with Crippen molar-refractivity contribution in [2.75, 3.05) is 5.32 Å². The highest BCUT2D eigenvalue weighted by molar-refractivity contribution is 6.00. The van der Waals surface area contributed by atoms with Crippen LogP contribution in [0.2, 0.25) is 0 Å². The van der Waals surface area contributed by atoms with Crippen LogP contribution >= 0.6 is 0 Å². The highest BCUT2D eigenvalue weighted by Gasteiger charge is 2.15. The van der Waals surface area contributed by atoms with Crippen molar-refractivity contribution in [3.8, 4) is 11.4 Å². The first-order valence-corrected chi connectivity index (χ1v) is 4.48. The molecule has 0 radical (unpaired) electrons. The third-order valence-corrected chi connectivity index (χ3v) is 1.86. The first-order valence-electron chi connectivity index (χ1n) is 4.48. The largest absolute Gasteiger partial charge is 0.445 e. The average molecular weight is 219 g/mol. The minimum atomic E-state index is -0.362. The number of aryl methyl sites for hydroxylation is 1. The van der Waals surface area contributed by atoms with Gasteiger partial charge in [0.15, 0.2) is 0 Å². The first kappa shape index (κ1) is 10.1. The Labute approximate surface area is 90.5 Å². The van der Waals surface area contributed by atoms with Crippen molar-refractivity contribution in [3.05, 3.63) is 24.5 Å². The van der Waals surface area contributed by atoms with E-state index in [1.807, 2.05) is 0 Å². The van der Waals surface area contributed by atoms with Gasteiger partial charge in [-0.05, 0) is 24.3 Å². The minimum Gasteiger partial charge on any atom is -0.445 e. The molecule has 82 valence electrons. The van der Waals surface area contributed by atoms with Crippen LogP contribution in [0.3, 0.4) is 0 Å². The molecule has 0 atom stereocenters. The van der Waals surface area contributed by atoms with Gasteiger partial charge in [0.25, 0.3) is 0 Å². The molecule has 2 rings (SSSR count). The number of carbonyl (C=O) groups is 1. The number of rotatable bonds is 3. The number of aromatic amines is 1. The molecule has 7 nitrogen and oxygen atoms in total. The van der Waals surface area contributed by atoms with E-state index in [2.05, 4.69) is 32.5 Å². The van der Waals surface area contributed by atoms with E-state index in [-0.39, 0.29) is 11.8 Å². The van der Waals surface area contributed by atoms with E-state index in [1.165, 1.54) is 0 Å². The topological polar surface area (TPSA) is 96.7 Å². The number of hydrogen-bond donors (Lipinski definition) is 2. The Morgan fingerprint density at radius 1 is 1.69 bits per heavy atom. The third kappa shape index (κ3) is 1.83. The third-order valence-electron chi connectivity index (χ3n) is 1.86. The Morgan fingerprint density at radius 2 is 2.50 bits per heavy atom. The van der Waals surface area contributed by atoms with Crippen molar-refractivity contribution < 1.29 is 9.21 Å². The number of nitrogens with one attached hydrogen (secondary N) is 2. The molecule has 0 saturated heterocycles. The molecule has 0 bridgehead atoms. The van der Waals surface area contributed by atoms with Gasteiger partial charge < -0.3 is 4.42 Å². The van der Waals surface area contributed by atoms with Crippen LogP contribution in [0.15, 0.2) is 23.1 Å². The van der Waals surface area contributed by atoms with Crippen molar-refractivity contribution in [3.63, 3.8) is 0 Å². The van der Waals surface area contributed by atoms with Gasteiger partial charge in [0, 0.05) is 0 Å². The molecule has 0 aliphatic carbocycles. The lowest BCUT2D eigenvalue weighted by atomic mass is 10.3. The number of aromatic nitrogens is 4. The van der Waals surface area contributed by atoms with Crippen LogP contribution in [-0.4, -0.2) is 26.5 Å². The number of amides is 1. The number of furan rings is 1. The monoisotopic (exact) mass is 219 g/mol. The van der Waals surface area contributed by atoms with Gasteiger partial charge in [0.2, 0.25) is 17.6 Å². The molecular formula is C9H9N5O2. The molecule has 2 heterocycles. The molecule has 0 unspecified atom stereocenters. The van der Waals surface area contributed by atoms with Gasteiger partial charge in [-0.25, -0.2) is 0 Å². The Hall–Kier alpha value is -2.44. The van der Waals surface area contributed by atoms with Gasteiger partial charge in [-0.15, -0.1) is 10.2 Å². The molecule has 0 aliphatic rings. The lowest BCUT2D eigenvalue weighted by molar-refractivity contribution is -0.112. The zero-order valence-corrected chi connectivity index (χ0v) is 8.52. The summed E-state index contributed by atoms with van der Waals surface area (Å²) in [6, 6.07) is 1.71. The molecule has 2 N–H and O–H groups in total. The van der Waals surface area contributed by atoms with Gasteiger partial charge in [-0.2, -0.15) is 5.21 Å². The molecule has 0 fully saturated rings. The molecular weight excluding hydrogens is 210 g/mol. The van der Waals surface area contributed by atoms with Crippen LogP contribution in [0.25, 0.3) is 11.4 Å². The Balaban J connectivity index is 2.38. The molecule has 2 aromatic heterocycles. The fourth-order valence-corrected chi connectivity index (χ4v) is 1.21. The van der Waals surface area contributed by atoms with Crippen molar-refractivity contribution in [2.24, 2.45) is 0 Å². The van der Waals surface area contributed by atoms with E-state index in [0.717, 1.165) is 6.08 Å². The number of tetrazole rings is 1. The summed E-state index contributed by atoms with van der Waals surface area (Å²) in [5.41, 5.74) is 0.571. The number of anilines is 1. The molecule has 7 heteroatoms. The van der Waals surface area contributed by atoms with Crippen molar-refractivity contribution >= 4 is 11.8 Å². The van der Waals surface area contributed by atoms with Gasteiger partial charge in [0.1, 0.15) is 5.76 Å². The van der Waals surface area contributed by atoms with E-state index in [0.29, 0.717) is 17.1 Å². The number of carbonyl (C=O) groups excluding carboxylic acids is 1. The molecule has 0 saturated carbocycles. The lowest BCUT2D eigenvalue weighted by Crippen LogP contribution is -2.07. The zero-order valence-electron chi connectivity index (χ0n) is 8.52. The van der Waals surface area contributed by atoms with Crippen molar-refractivity contribution in [1.29, 1.82) is 0 Å². The number of hydrogen-bond acceptors (Lipinski definition) is 5. The second-order valence-electron chi connectivity index (χ2n) is 3.03. The molecule has 0 aromatic carbocycles. The van der Waals surface area contributed by atoms with Crippen LogP contribution in [0.5, 0.6) is 0 Å². The van der Waals surface area contributed by atoms with Gasteiger partial charge in [0.05, 0.1) is 5.56 Å². The zero-order chi connectivity index (χ0) is 11.5. The Bertz CT molecular complexity index is 514. The summed E-state index contributed by atoms with van der Waals surface area (Å²) >= 11 is 0. The van der Waals surface area contributed by atoms with E-state index in [1.54, 1.807) is 13.0 Å². The SMILES string of the molecule is C=CC(=O)Nc1oc(C)cc1-c1nn[nH]n1. The normalized spacial score (nSPS) is 10.1. The second kappa shape index (κ2) is 3.97. The maximum atomic E-state index is 11.2. The highest BCUT2D eigenvalue weighted by Crippen LogP contribution is 2.28. The summed E-state index contributed by atoms with van der Waals surface area (Å²) in [5.74, 6) is 0.915. The summed E-state index contributed by atoms with van der Waals surface area (Å²) in [7, 11) is 0. The number of H-pyrrole nitrogens is 1. The standard InChI is InChI=1S/C9H9N5O2/c1-3-7(15)10-9-6(4-5(2)16-9)8-11-13-14-12-8/h3-4H,1H2,2H3,(H,10,15)(H,11,12,13,14). The maximum Gasteiger partial charge on any atom is 0.250 e. The molecule has 16 heavy (non-hydrogen) atoms. The first-order chi connectivity index (χ1) is 7.70. The summed E-state index contributed by atoms with van der Waals surface area (Å²) in [4.78, 5) is 11.2. The summed E-state index contributed by atoms with van der Waals surface area (Å²) < 4.78 is 5.31. The van der Waals surface area contributed by atoms with E-state index < -0.39 is 0 Å². The fraction of sp³-hybridized carbons (Fsp3) is 0.111. The summed E-state index contributed by atoms with van der Waals surface area (Å²) in [5, 5.41) is 15.9. The van der Waals surface area contributed by atoms with Gasteiger partial charge >= 0.3 is 0 Å². The van der Waals surface area contributed by atoms with Crippen LogP contribution in [-0.2, 0) is 4.79 Å². The van der Waals surface area contributed by atoms with Crippen molar-refractivity contribution in [2.45, 2.75) is 6.92 Å². The molecule has 0 aliphatic heterocycles. The van der Waals surface area contributed by atoms with Crippen molar-refractivity contribution in [1.82, 2.24) is 20.6 Å². The quantitative estimate of drug-likeness (QED) is 0.747. The lowest BCUT2D eigenvalue weighted by Gasteiger charge is -1.98. The predicted molar refractivity (Wildman–Crippen MR) is 55.4 cm³/mol. The molecule has 0 spiro atoms. The molecule has 1 amide bonds. The average Bonchev–Trinajstić information content (AvgIpc) is 2.87. The minimum absolute atomic E-state index is 0.281.